The maximum atomic E-state index is 14.4. The molecule has 3 heterocycles. The van der Waals surface area contributed by atoms with Gasteiger partial charge in [0, 0.05) is 86.6 Å². The van der Waals surface area contributed by atoms with E-state index < -0.39 is 108 Å². The van der Waals surface area contributed by atoms with Crippen LogP contribution in [-0.4, -0.2) is 202 Å². The zero-order chi connectivity index (χ0) is 77.3. The highest BCUT2D eigenvalue weighted by Crippen LogP contribution is 2.49. The van der Waals surface area contributed by atoms with Gasteiger partial charge in [-0.2, -0.15) is 16.8 Å². The SMILES string of the molecule is CN[C@H](CCCNC(=N)N)C(=O)N[C@H](CCCNC(=N)N)C(=O)N[C@H](CCCNC(=N)N)C(=O)N[C@H](CCCNC(=N)N)C(=O)N[C@H](CSC1CC(=O)N(CCNC(=O)CCCCCN2/C(=C/C=C/C=C/C3=Nc4ccc(S(=O)(=O)O)cc4C3(C)C)C(C)(C)c3cc(S(=O)(=O)O)ccc32)C1=O)C(N)=O. The fourth-order valence-corrected chi connectivity index (χ4v) is 14.0. The van der Waals surface area contributed by atoms with E-state index in [4.69, 9.17) is 50.3 Å². The average Bonchev–Trinajstić information content (AvgIpc) is 1.59. The summed E-state index contributed by atoms with van der Waals surface area (Å²) in [5.41, 5.74) is 30.2. The van der Waals surface area contributed by atoms with E-state index in [2.05, 4.69) is 63.1 Å². The number of rotatable bonds is 43. The Bertz CT molecular complexity index is 3880. The number of amides is 8. The maximum Gasteiger partial charge on any atom is 0.294 e. The molecule has 0 aliphatic carbocycles. The summed E-state index contributed by atoms with van der Waals surface area (Å²) in [5.74, 6) is -7.26. The molecule has 572 valence electrons. The summed E-state index contributed by atoms with van der Waals surface area (Å²) in [4.78, 5) is 117. The van der Waals surface area contributed by atoms with Crippen molar-refractivity contribution < 1.29 is 64.3 Å². The van der Waals surface area contributed by atoms with E-state index in [0.717, 1.165) is 28.0 Å². The van der Waals surface area contributed by atoms with E-state index in [9.17, 15) is 64.3 Å². The quantitative estimate of drug-likeness (QED) is 0.00940. The van der Waals surface area contributed by atoms with Crippen molar-refractivity contribution in [3.05, 3.63) is 83.6 Å². The van der Waals surface area contributed by atoms with Crippen molar-refractivity contribution >= 4 is 120 Å². The van der Waals surface area contributed by atoms with Crippen molar-refractivity contribution in [2.24, 2.45) is 33.7 Å². The molecule has 1 saturated heterocycles. The first-order valence-corrected chi connectivity index (χ1v) is 37.7. The Balaban J connectivity index is 1.17. The number of hydrogen-bond acceptors (Lipinski definition) is 20. The van der Waals surface area contributed by atoms with Crippen LogP contribution in [0.3, 0.4) is 0 Å². The minimum Gasteiger partial charge on any atom is -0.370 e. The number of hydrogen-bond donors (Lipinski definition) is 21. The second-order valence-corrected chi connectivity index (χ2v) is 30.1. The molecule has 3 aliphatic rings. The molecule has 26 N–H and O–H groups in total. The molecule has 0 aromatic heterocycles. The van der Waals surface area contributed by atoms with Crippen LogP contribution < -0.4 is 86.7 Å². The highest BCUT2D eigenvalue weighted by molar-refractivity contribution is 8.00. The number of nitrogens with zero attached hydrogens (tertiary/aromatic N) is 3. The van der Waals surface area contributed by atoms with Crippen molar-refractivity contribution in [2.75, 3.05) is 63.5 Å². The number of allylic oxidation sites excluding steroid dienone is 6. The van der Waals surface area contributed by atoms with Gasteiger partial charge in [-0.05, 0) is 131 Å². The van der Waals surface area contributed by atoms with Crippen molar-refractivity contribution in [1.82, 2.24) is 58.1 Å². The number of imide groups is 1. The lowest BCUT2D eigenvalue weighted by atomic mass is 9.81. The summed E-state index contributed by atoms with van der Waals surface area (Å²) in [5, 5.41) is 55.8. The van der Waals surface area contributed by atoms with Crippen molar-refractivity contribution in [2.45, 2.75) is 167 Å². The third kappa shape index (κ3) is 25.6. The second kappa shape index (κ2) is 39.3. The van der Waals surface area contributed by atoms with Crippen molar-refractivity contribution in [1.29, 1.82) is 21.6 Å². The second-order valence-electron chi connectivity index (χ2n) is 26.0. The number of likely N-dealkylation sites (tertiary alicyclic amines) is 1. The van der Waals surface area contributed by atoms with E-state index in [1.807, 2.05) is 39.8 Å². The molecule has 104 heavy (non-hydrogen) atoms. The molecule has 39 heteroatoms. The van der Waals surface area contributed by atoms with Crippen LogP contribution in [0.5, 0.6) is 0 Å². The molecule has 1 fully saturated rings. The molecule has 1 unspecified atom stereocenters. The van der Waals surface area contributed by atoms with Crippen molar-refractivity contribution in [3.63, 3.8) is 0 Å². The number of aliphatic imine (C=N–C) groups is 1. The number of benzene rings is 2. The van der Waals surface area contributed by atoms with Crippen LogP contribution in [0.1, 0.15) is 122 Å². The molecule has 0 radical (unpaired) electrons. The van der Waals surface area contributed by atoms with Crippen LogP contribution in [0, 0.1) is 21.6 Å². The van der Waals surface area contributed by atoms with Gasteiger partial charge in [-0.3, -0.25) is 79.0 Å². The molecule has 0 bridgehead atoms. The molecule has 2 aromatic rings. The number of anilines is 1. The fraction of sp³-hybridized carbons (Fsp3) is 0.523. The van der Waals surface area contributed by atoms with Gasteiger partial charge < -0.3 is 86.7 Å². The maximum absolute atomic E-state index is 14.4. The van der Waals surface area contributed by atoms with Gasteiger partial charge in [0.05, 0.1) is 32.5 Å². The van der Waals surface area contributed by atoms with Gasteiger partial charge in [0.2, 0.25) is 47.3 Å². The number of unbranched alkanes of at least 4 members (excludes halogenated alkanes) is 2. The zero-order valence-electron chi connectivity index (χ0n) is 58.9. The van der Waals surface area contributed by atoms with Crippen LogP contribution >= 0.6 is 11.8 Å². The average molecular weight is 1510 g/mol. The minimum atomic E-state index is -4.53. The molecule has 2 aromatic carbocycles. The number of thioether (sulfide) groups is 1. The summed E-state index contributed by atoms with van der Waals surface area (Å²) < 4.78 is 67.8. The van der Waals surface area contributed by atoms with Crippen LogP contribution in [0.4, 0.5) is 11.4 Å². The normalized spacial score (nSPS) is 17.0. The van der Waals surface area contributed by atoms with Gasteiger partial charge in [-0.25, -0.2) is 0 Å². The predicted molar refractivity (Wildman–Crippen MR) is 395 cm³/mol. The Labute approximate surface area is 609 Å². The van der Waals surface area contributed by atoms with E-state index in [-0.39, 0.29) is 136 Å². The Morgan fingerprint density at radius 2 is 1.06 bits per heavy atom. The number of nitrogens with two attached hydrogens (primary N) is 5. The first kappa shape index (κ1) is 85.0. The standard InChI is InChI=1S/C65H100N22O14S3/c1-64(2)40-34-38(103(96,97)98)23-25-42(40)81-50(64)20-8-6-9-21-51-65(3,4)41-35-39(104(99,100)101)24-26-48(41)86(51)32-11-7-10-22-52(88)76-31-33-87-53(89)36-49(59(87)95)102-37-47(54(66)90)85-58(94)46(19-15-30-80-63(73)74)84-57(93)45(18-14-29-79-62(71)72)83-56(92)44(17-13-28-78-61(69)70)82-55(91)43(75-5)16-12-27-77-60(67)68/h6,8-9,20-21,23-26,34-35,43-47,49,75H,7,10-19,22,27-33,36-37H2,1-5H3,(H2,66,90)(H,76,88)(H,82,91)(H,83,92)(H,84,93)(H,85,94)(H4,67,68,77)(H4,69,70,78)(H4,71,72,79)(H4,73,74,80)(H,96,97,98)(H,99,100,101)/b9-6+,20-8+,51-21+/t43-,44-,45-,46-,47-,49?/m1/s1. The Hall–Kier alpha value is -9.70. The topological polar surface area (TPSA) is 610 Å². The third-order valence-corrected chi connectivity index (χ3v) is 20.5. The summed E-state index contributed by atoms with van der Waals surface area (Å²) >= 11 is 0.881. The monoisotopic (exact) mass is 1510 g/mol. The number of fused-ring (bicyclic) bond motifs is 2. The summed E-state index contributed by atoms with van der Waals surface area (Å²) in [6.45, 7) is 8.46. The lowest BCUT2D eigenvalue weighted by Crippen LogP contribution is -2.59. The van der Waals surface area contributed by atoms with Gasteiger partial charge in [-0.15, -0.1) is 11.8 Å². The lowest BCUT2D eigenvalue weighted by molar-refractivity contribution is -0.138. The van der Waals surface area contributed by atoms with Gasteiger partial charge in [0.25, 0.3) is 20.2 Å². The predicted octanol–water partition coefficient (Wildman–Crippen LogP) is -1.06. The fourth-order valence-electron chi connectivity index (χ4n) is 11.8. The van der Waals surface area contributed by atoms with Gasteiger partial charge in [0.1, 0.15) is 24.2 Å². The first-order chi connectivity index (χ1) is 48.9. The van der Waals surface area contributed by atoms with Crippen LogP contribution in [-0.2, 0) is 69.4 Å². The molecule has 5 rings (SSSR count). The molecule has 6 atom stereocenters. The number of guanidine groups is 4. The van der Waals surface area contributed by atoms with Crippen LogP contribution in [0.15, 0.2) is 87.3 Å². The van der Waals surface area contributed by atoms with Gasteiger partial charge in [-0.1, -0.05) is 52.3 Å². The molecular weight excluding hydrogens is 1410 g/mol. The number of nitrogens with one attached hydrogen (secondary N) is 14. The Morgan fingerprint density at radius 3 is 1.54 bits per heavy atom. The van der Waals surface area contributed by atoms with E-state index in [0.29, 0.717) is 61.3 Å². The highest BCUT2D eigenvalue weighted by atomic mass is 32.2. The Kier molecular flexibility index (Phi) is 32.1. The summed E-state index contributed by atoms with van der Waals surface area (Å²) in [6.07, 6.45) is 11.5. The van der Waals surface area contributed by atoms with Crippen molar-refractivity contribution in [3.8, 4) is 0 Å². The number of primary amides is 1. The number of carbonyl (C=O) groups excluding carboxylic acids is 8. The zero-order valence-corrected chi connectivity index (χ0v) is 61.4. The van der Waals surface area contributed by atoms with Crippen LogP contribution in [0.2, 0.25) is 0 Å². The third-order valence-electron chi connectivity index (χ3n) is 17.5. The Morgan fingerprint density at radius 1 is 0.587 bits per heavy atom. The molecule has 0 spiro atoms. The number of likely N-dealkylation sites (N-methyl/N-ethyl adjacent to an activating group) is 1. The molecule has 8 amide bonds. The van der Waals surface area contributed by atoms with E-state index in [1.165, 1.54) is 24.3 Å². The molecular formula is C65H100N22O14S3. The lowest BCUT2D eigenvalue weighted by Gasteiger charge is -2.27. The summed E-state index contributed by atoms with van der Waals surface area (Å²) in [6, 6.07) is 2.34. The number of carbonyl (C=O) groups is 8. The smallest absolute Gasteiger partial charge is 0.294 e. The first-order valence-electron chi connectivity index (χ1n) is 33.8. The van der Waals surface area contributed by atoms with Crippen LogP contribution in [0.25, 0.3) is 0 Å². The van der Waals surface area contributed by atoms with Gasteiger partial charge in [0.15, 0.2) is 23.8 Å². The largest absolute Gasteiger partial charge is 0.370 e. The summed E-state index contributed by atoms with van der Waals surface area (Å²) in [7, 11) is -7.42. The molecule has 0 saturated carbocycles. The highest BCUT2D eigenvalue weighted by Gasteiger charge is 2.42. The molecule has 3 aliphatic heterocycles. The van der Waals surface area contributed by atoms with Gasteiger partial charge >= 0.3 is 0 Å². The van der Waals surface area contributed by atoms with E-state index in [1.54, 1.807) is 37.4 Å². The molecule has 36 nitrogen and oxygen atoms in total. The van der Waals surface area contributed by atoms with E-state index >= 15 is 0 Å². The minimum absolute atomic E-state index is 0.00467.